The van der Waals surface area contributed by atoms with Crippen LogP contribution in [-0.2, 0) is 12.8 Å². The lowest BCUT2D eigenvalue weighted by Crippen LogP contribution is -2.12. The van der Waals surface area contributed by atoms with Crippen LogP contribution >= 0.6 is 22.9 Å². The van der Waals surface area contributed by atoms with E-state index in [-0.39, 0.29) is 5.56 Å². The van der Waals surface area contributed by atoms with Gasteiger partial charge in [0.05, 0.1) is 17.5 Å². The lowest BCUT2D eigenvalue weighted by atomic mass is 9.97. The van der Waals surface area contributed by atoms with Crippen molar-refractivity contribution >= 4 is 44.3 Å². The summed E-state index contributed by atoms with van der Waals surface area (Å²) in [5.74, 6) is 1.24. The van der Waals surface area contributed by atoms with Crippen LogP contribution in [0.1, 0.15) is 40.2 Å². The smallest absolute Gasteiger partial charge is 0.260 e. The maximum Gasteiger partial charge on any atom is 0.260 e. The van der Waals surface area contributed by atoms with Gasteiger partial charge in [-0.3, -0.25) is 4.79 Å². The molecule has 0 amide bonds. The lowest BCUT2D eigenvalue weighted by molar-refractivity contribution is 0.411. The molecule has 2 aromatic heterocycles. The minimum Gasteiger partial charge on any atom is -0.496 e. The number of nitrogens with one attached hydrogen (secondary N) is 1. The minimum atomic E-state index is -0.0955. The first-order chi connectivity index (χ1) is 12.6. The molecular formula is C20H19ClN2O2S. The number of aryl methyl sites for hydroxylation is 3. The second kappa shape index (κ2) is 6.89. The van der Waals surface area contributed by atoms with Crippen molar-refractivity contribution in [2.75, 3.05) is 7.11 Å². The fourth-order valence-corrected chi connectivity index (χ4v) is 4.96. The molecule has 1 aromatic carbocycles. The van der Waals surface area contributed by atoms with Crippen molar-refractivity contribution in [3.8, 4) is 5.75 Å². The van der Waals surface area contributed by atoms with Crippen molar-refractivity contribution in [3.63, 3.8) is 0 Å². The summed E-state index contributed by atoms with van der Waals surface area (Å²) in [7, 11) is 1.65. The number of nitrogens with zero attached hydrogens (tertiary/aromatic N) is 1. The number of hydrogen-bond donors (Lipinski definition) is 1. The molecular weight excluding hydrogens is 368 g/mol. The van der Waals surface area contributed by atoms with E-state index in [2.05, 4.69) is 9.97 Å². The third-order valence-electron chi connectivity index (χ3n) is 4.76. The maximum atomic E-state index is 12.6. The number of aromatic amines is 1. The zero-order valence-electron chi connectivity index (χ0n) is 14.7. The normalized spacial score (nSPS) is 14.5. The van der Waals surface area contributed by atoms with Gasteiger partial charge in [0.1, 0.15) is 10.6 Å². The highest BCUT2D eigenvalue weighted by molar-refractivity contribution is 7.18. The van der Waals surface area contributed by atoms with E-state index in [0.717, 1.165) is 46.4 Å². The SMILES string of the molecule is COc1ccc(/C=C(\Cl)c2nc3sc4c(c3c(=O)[nH]2)CCCC4)cc1C. The van der Waals surface area contributed by atoms with Crippen molar-refractivity contribution in [2.24, 2.45) is 0 Å². The Morgan fingerprint density at radius 3 is 2.92 bits per heavy atom. The van der Waals surface area contributed by atoms with Crippen molar-refractivity contribution in [1.29, 1.82) is 0 Å². The largest absolute Gasteiger partial charge is 0.496 e. The molecule has 3 aromatic rings. The van der Waals surface area contributed by atoms with Crippen LogP contribution in [0, 0.1) is 6.92 Å². The van der Waals surface area contributed by atoms with Gasteiger partial charge in [-0.15, -0.1) is 11.3 Å². The van der Waals surface area contributed by atoms with E-state index in [1.807, 2.05) is 31.2 Å². The maximum absolute atomic E-state index is 12.6. The van der Waals surface area contributed by atoms with Gasteiger partial charge in [0.2, 0.25) is 0 Å². The van der Waals surface area contributed by atoms with Crippen LogP contribution in [-0.4, -0.2) is 17.1 Å². The molecule has 0 atom stereocenters. The molecule has 0 fully saturated rings. The van der Waals surface area contributed by atoms with Crippen molar-refractivity contribution in [3.05, 3.63) is 55.9 Å². The summed E-state index contributed by atoms with van der Waals surface area (Å²) in [6.45, 7) is 1.98. The summed E-state index contributed by atoms with van der Waals surface area (Å²) in [5.41, 5.74) is 3.04. The summed E-state index contributed by atoms with van der Waals surface area (Å²) < 4.78 is 5.28. The molecule has 1 aliphatic rings. The minimum absolute atomic E-state index is 0.0955. The molecule has 2 heterocycles. The van der Waals surface area contributed by atoms with Crippen LogP contribution in [0.25, 0.3) is 21.3 Å². The number of rotatable bonds is 3. The standard InChI is InChI=1S/C20H19ClN2O2S/c1-11-9-12(7-8-15(11)25-2)10-14(21)18-22-19(24)17-13-5-3-4-6-16(13)26-20(17)23-18/h7-10H,3-6H2,1-2H3,(H,22,23,24)/b14-10-. The Labute approximate surface area is 160 Å². The van der Waals surface area contributed by atoms with Crippen LogP contribution in [0.5, 0.6) is 5.75 Å². The van der Waals surface area contributed by atoms with E-state index < -0.39 is 0 Å². The van der Waals surface area contributed by atoms with Crippen molar-refractivity contribution in [1.82, 2.24) is 9.97 Å². The highest BCUT2D eigenvalue weighted by Crippen LogP contribution is 2.34. The van der Waals surface area contributed by atoms with E-state index >= 15 is 0 Å². The topological polar surface area (TPSA) is 55.0 Å². The molecule has 26 heavy (non-hydrogen) atoms. The van der Waals surface area contributed by atoms with Gasteiger partial charge >= 0.3 is 0 Å². The quantitative estimate of drug-likeness (QED) is 0.695. The summed E-state index contributed by atoms with van der Waals surface area (Å²) in [4.78, 5) is 22.2. The fourth-order valence-electron chi connectivity index (χ4n) is 3.48. The molecule has 4 rings (SSSR count). The van der Waals surface area contributed by atoms with E-state index in [4.69, 9.17) is 16.3 Å². The monoisotopic (exact) mass is 386 g/mol. The van der Waals surface area contributed by atoms with Crippen molar-refractivity contribution < 1.29 is 4.74 Å². The van der Waals surface area contributed by atoms with Crippen LogP contribution in [0.15, 0.2) is 23.0 Å². The van der Waals surface area contributed by atoms with Gasteiger partial charge in [0.25, 0.3) is 5.56 Å². The molecule has 0 saturated carbocycles. The number of methoxy groups -OCH3 is 1. The number of hydrogen-bond acceptors (Lipinski definition) is 4. The Hall–Kier alpha value is -2.11. The van der Waals surface area contributed by atoms with Gasteiger partial charge in [-0.2, -0.15) is 0 Å². The molecule has 4 nitrogen and oxygen atoms in total. The number of halogens is 1. The molecule has 0 bridgehead atoms. The molecule has 0 aliphatic heterocycles. The molecule has 6 heteroatoms. The van der Waals surface area contributed by atoms with Gasteiger partial charge in [0, 0.05) is 4.88 Å². The predicted octanol–water partition coefficient (Wildman–Crippen LogP) is 4.92. The van der Waals surface area contributed by atoms with E-state index in [9.17, 15) is 4.79 Å². The van der Waals surface area contributed by atoms with Gasteiger partial charge < -0.3 is 9.72 Å². The molecule has 1 aliphatic carbocycles. The third kappa shape index (κ3) is 3.06. The number of aromatic nitrogens is 2. The van der Waals surface area contributed by atoms with E-state index in [1.165, 1.54) is 16.9 Å². The van der Waals surface area contributed by atoms with E-state index in [1.54, 1.807) is 18.4 Å². The molecule has 0 radical (unpaired) electrons. The van der Waals surface area contributed by atoms with E-state index in [0.29, 0.717) is 10.9 Å². The molecule has 0 saturated heterocycles. The number of ether oxygens (including phenoxy) is 1. The van der Waals surface area contributed by atoms with Gasteiger partial charge in [-0.05, 0) is 67.5 Å². The lowest BCUT2D eigenvalue weighted by Gasteiger charge is -2.09. The second-order valence-corrected chi connectivity index (χ2v) is 8.02. The van der Waals surface area contributed by atoms with Crippen LogP contribution < -0.4 is 10.3 Å². The van der Waals surface area contributed by atoms with Crippen LogP contribution in [0.4, 0.5) is 0 Å². The molecule has 134 valence electrons. The fraction of sp³-hybridized carbons (Fsp3) is 0.300. The van der Waals surface area contributed by atoms with Gasteiger partial charge in [-0.1, -0.05) is 17.7 Å². The summed E-state index contributed by atoms with van der Waals surface area (Å²) in [6, 6.07) is 5.81. The number of fused-ring (bicyclic) bond motifs is 3. The number of H-pyrrole nitrogens is 1. The van der Waals surface area contributed by atoms with Gasteiger partial charge in [0.15, 0.2) is 5.82 Å². The highest BCUT2D eigenvalue weighted by atomic mass is 35.5. The first-order valence-corrected chi connectivity index (χ1v) is 9.83. The first-order valence-electron chi connectivity index (χ1n) is 8.63. The molecule has 0 spiro atoms. The Balaban J connectivity index is 1.76. The Kier molecular flexibility index (Phi) is 4.59. The zero-order chi connectivity index (χ0) is 18.3. The summed E-state index contributed by atoms with van der Waals surface area (Å²) in [6.07, 6.45) is 6.14. The Bertz CT molecular complexity index is 1080. The molecule has 0 unspecified atom stereocenters. The van der Waals surface area contributed by atoms with Crippen LogP contribution in [0.3, 0.4) is 0 Å². The Morgan fingerprint density at radius 2 is 2.15 bits per heavy atom. The first kappa shape index (κ1) is 17.3. The molecule has 1 N–H and O–H groups in total. The predicted molar refractivity (Wildman–Crippen MR) is 108 cm³/mol. The zero-order valence-corrected chi connectivity index (χ0v) is 16.3. The van der Waals surface area contributed by atoms with Crippen LogP contribution in [0.2, 0.25) is 0 Å². The second-order valence-electron chi connectivity index (χ2n) is 6.53. The number of benzene rings is 1. The average Bonchev–Trinajstić information content (AvgIpc) is 3.00. The highest BCUT2D eigenvalue weighted by Gasteiger charge is 2.20. The van der Waals surface area contributed by atoms with Gasteiger partial charge in [-0.25, -0.2) is 4.98 Å². The third-order valence-corrected chi connectivity index (χ3v) is 6.24. The summed E-state index contributed by atoms with van der Waals surface area (Å²) in [5, 5.41) is 1.16. The number of thiophene rings is 1. The summed E-state index contributed by atoms with van der Waals surface area (Å²) >= 11 is 8.09. The Morgan fingerprint density at radius 1 is 1.35 bits per heavy atom. The van der Waals surface area contributed by atoms with Crippen molar-refractivity contribution in [2.45, 2.75) is 32.6 Å². The average molecular weight is 387 g/mol.